The Hall–Kier alpha value is -1.63. The number of rotatable bonds is 4. The number of hydrogen-bond acceptors (Lipinski definition) is 3. The molecule has 0 radical (unpaired) electrons. The standard InChI is InChI=1S/C14H17F3N2O2/c15-14(16,17)12-6-5-10(9-18-12)13(21)19(7-8-20)11-3-1-2-4-11/h5-6,9,11,20H,1-4,7-8H2. The van der Waals surface area contributed by atoms with E-state index >= 15 is 0 Å². The summed E-state index contributed by atoms with van der Waals surface area (Å²) >= 11 is 0. The number of pyridine rings is 1. The molecule has 1 heterocycles. The van der Waals surface area contributed by atoms with Crippen LogP contribution in [0.2, 0.25) is 0 Å². The van der Waals surface area contributed by atoms with Crippen LogP contribution in [0.25, 0.3) is 0 Å². The number of hydrogen-bond donors (Lipinski definition) is 1. The van der Waals surface area contributed by atoms with E-state index < -0.39 is 11.9 Å². The number of carbonyl (C=O) groups excluding carboxylic acids is 1. The average molecular weight is 302 g/mol. The van der Waals surface area contributed by atoms with E-state index in [9.17, 15) is 18.0 Å². The van der Waals surface area contributed by atoms with E-state index in [2.05, 4.69) is 4.98 Å². The Bertz CT molecular complexity index is 482. The lowest BCUT2D eigenvalue weighted by Gasteiger charge is -2.28. The predicted octanol–water partition coefficient (Wildman–Crippen LogP) is 2.48. The molecule has 0 unspecified atom stereocenters. The Kier molecular flexibility index (Phi) is 4.82. The highest BCUT2D eigenvalue weighted by Crippen LogP contribution is 2.28. The van der Waals surface area contributed by atoms with Crippen LogP contribution in [-0.2, 0) is 6.18 Å². The molecular formula is C14H17F3N2O2. The summed E-state index contributed by atoms with van der Waals surface area (Å²) in [4.78, 5) is 17.2. The summed E-state index contributed by atoms with van der Waals surface area (Å²) in [6.45, 7) is 0.0147. The Morgan fingerprint density at radius 3 is 2.48 bits per heavy atom. The SMILES string of the molecule is O=C(c1ccc(C(F)(F)F)nc1)N(CCO)C1CCCC1. The van der Waals surface area contributed by atoms with E-state index in [1.165, 1.54) is 4.90 Å². The third kappa shape index (κ3) is 3.72. The van der Waals surface area contributed by atoms with Gasteiger partial charge < -0.3 is 10.0 Å². The summed E-state index contributed by atoms with van der Waals surface area (Å²) in [6.07, 6.45) is 0.193. The predicted molar refractivity (Wildman–Crippen MR) is 69.6 cm³/mol. The van der Waals surface area contributed by atoms with Gasteiger partial charge in [0.25, 0.3) is 5.91 Å². The number of carbonyl (C=O) groups is 1. The van der Waals surface area contributed by atoms with Gasteiger partial charge in [0.1, 0.15) is 5.69 Å². The Morgan fingerprint density at radius 1 is 1.33 bits per heavy atom. The zero-order valence-electron chi connectivity index (χ0n) is 11.4. The Balaban J connectivity index is 2.16. The molecule has 4 nitrogen and oxygen atoms in total. The van der Waals surface area contributed by atoms with Crippen LogP contribution < -0.4 is 0 Å². The summed E-state index contributed by atoms with van der Waals surface area (Å²) < 4.78 is 37.4. The molecule has 0 saturated heterocycles. The van der Waals surface area contributed by atoms with Crippen molar-refractivity contribution in [3.63, 3.8) is 0 Å². The second-order valence-corrected chi connectivity index (χ2v) is 5.09. The summed E-state index contributed by atoms with van der Waals surface area (Å²) in [7, 11) is 0. The van der Waals surface area contributed by atoms with Crippen LogP contribution in [0, 0.1) is 0 Å². The van der Waals surface area contributed by atoms with E-state index in [-0.39, 0.29) is 30.7 Å². The van der Waals surface area contributed by atoms with Crippen molar-refractivity contribution < 1.29 is 23.1 Å². The number of alkyl halides is 3. The van der Waals surface area contributed by atoms with Crippen LogP contribution in [0.3, 0.4) is 0 Å². The first kappa shape index (κ1) is 15.8. The number of aromatic nitrogens is 1. The minimum atomic E-state index is -4.52. The maximum absolute atomic E-state index is 12.5. The summed E-state index contributed by atoms with van der Waals surface area (Å²) in [5.41, 5.74) is -0.906. The molecule has 116 valence electrons. The number of halogens is 3. The molecule has 1 fully saturated rings. The van der Waals surface area contributed by atoms with Gasteiger partial charge in [0, 0.05) is 18.8 Å². The van der Waals surface area contributed by atoms with Crippen LogP contribution in [0.5, 0.6) is 0 Å². The molecule has 0 spiro atoms. The van der Waals surface area contributed by atoms with E-state index in [0.717, 1.165) is 44.0 Å². The maximum atomic E-state index is 12.5. The van der Waals surface area contributed by atoms with Crippen molar-refractivity contribution in [1.82, 2.24) is 9.88 Å². The molecule has 0 atom stereocenters. The highest BCUT2D eigenvalue weighted by Gasteiger charge is 2.33. The van der Waals surface area contributed by atoms with Crippen LogP contribution >= 0.6 is 0 Å². The van der Waals surface area contributed by atoms with E-state index in [1.54, 1.807) is 0 Å². The van der Waals surface area contributed by atoms with Gasteiger partial charge in [-0.15, -0.1) is 0 Å². The Labute approximate surface area is 120 Å². The fourth-order valence-electron chi connectivity index (χ4n) is 2.63. The third-order valence-corrected chi connectivity index (χ3v) is 3.67. The van der Waals surface area contributed by atoms with Crippen molar-refractivity contribution in [1.29, 1.82) is 0 Å². The first-order valence-electron chi connectivity index (χ1n) is 6.88. The highest BCUT2D eigenvalue weighted by atomic mass is 19.4. The molecule has 1 aliphatic carbocycles. The second kappa shape index (κ2) is 6.43. The van der Waals surface area contributed by atoms with Gasteiger partial charge in [-0.3, -0.25) is 9.78 Å². The molecular weight excluding hydrogens is 285 g/mol. The number of nitrogens with zero attached hydrogens (tertiary/aromatic N) is 2. The average Bonchev–Trinajstić information content (AvgIpc) is 2.97. The van der Waals surface area contributed by atoms with Gasteiger partial charge >= 0.3 is 6.18 Å². The lowest BCUT2D eigenvalue weighted by atomic mass is 10.1. The summed E-state index contributed by atoms with van der Waals surface area (Å²) in [5.74, 6) is -0.378. The maximum Gasteiger partial charge on any atom is 0.433 e. The molecule has 1 aromatic rings. The fraction of sp³-hybridized carbons (Fsp3) is 0.571. The molecule has 0 aromatic carbocycles. The van der Waals surface area contributed by atoms with Gasteiger partial charge in [-0.25, -0.2) is 0 Å². The van der Waals surface area contributed by atoms with Crippen molar-refractivity contribution in [2.45, 2.75) is 37.9 Å². The zero-order chi connectivity index (χ0) is 15.5. The van der Waals surface area contributed by atoms with Crippen molar-refractivity contribution in [3.05, 3.63) is 29.6 Å². The van der Waals surface area contributed by atoms with Gasteiger partial charge in [0.2, 0.25) is 0 Å². The monoisotopic (exact) mass is 302 g/mol. The minimum absolute atomic E-state index is 0.0481. The molecule has 1 saturated carbocycles. The van der Waals surface area contributed by atoms with E-state index in [0.29, 0.717) is 0 Å². The molecule has 0 bridgehead atoms. The Morgan fingerprint density at radius 2 is 2.00 bits per heavy atom. The molecule has 1 amide bonds. The van der Waals surface area contributed by atoms with Gasteiger partial charge in [-0.05, 0) is 25.0 Å². The zero-order valence-corrected chi connectivity index (χ0v) is 11.4. The first-order chi connectivity index (χ1) is 9.93. The van der Waals surface area contributed by atoms with Crippen molar-refractivity contribution in [2.24, 2.45) is 0 Å². The van der Waals surface area contributed by atoms with Crippen LogP contribution in [0.1, 0.15) is 41.7 Å². The lowest BCUT2D eigenvalue weighted by molar-refractivity contribution is -0.141. The number of amides is 1. The van der Waals surface area contributed by atoms with E-state index in [1.807, 2.05) is 0 Å². The molecule has 7 heteroatoms. The smallest absolute Gasteiger partial charge is 0.395 e. The van der Waals surface area contributed by atoms with Crippen LogP contribution in [0.15, 0.2) is 18.3 Å². The van der Waals surface area contributed by atoms with Crippen LogP contribution in [0.4, 0.5) is 13.2 Å². The largest absolute Gasteiger partial charge is 0.433 e. The van der Waals surface area contributed by atoms with Gasteiger partial charge in [-0.1, -0.05) is 12.8 Å². The molecule has 2 rings (SSSR count). The normalized spacial score (nSPS) is 16.2. The van der Waals surface area contributed by atoms with E-state index in [4.69, 9.17) is 5.11 Å². The minimum Gasteiger partial charge on any atom is -0.395 e. The molecule has 21 heavy (non-hydrogen) atoms. The second-order valence-electron chi connectivity index (χ2n) is 5.09. The van der Waals surface area contributed by atoms with Gasteiger partial charge in [0.15, 0.2) is 0 Å². The third-order valence-electron chi connectivity index (χ3n) is 3.67. The van der Waals surface area contributed by atoms with Crippen molar-refractivity contribution in [3.8, 4) is 0 Å². The molecule has 0 aliphatic heterocycles. The number of aliphatic hydroxyl groups is 1. The lowest BCUT2D eigenvalue weighted by Crippen LogP contribution is -2.40. The quantitative estimate of drug-likeness (QED) is 0.929. The van der Waals surface area contributed by atoms with Crippen molar-refractivity contribution >= 4 is 5.91 Å². The molecule has 1 N–H and O–H groups in total. The molecule has 1 aliphatic rings. The molecule has 1 aromatic heterocycles. The first-order valence-corrected chi connectivity index (χ1v) is 6.88. The highest BCUT2D eigenvalue weighted by molar-refractivity contribution is 5.94. The summed E-state index contributed by atoms with van der Waals surface area (Å²) in [6, 6.07) is 1.99. The van der Waals surface area contributed by atoms with Crippen LogP contribution in [-0.4, -0.2) is 40.1 Å². The summed E-state index contributed by atoms with van der Waals surface area (Å²) in [5, 5.41) is 9.09. The number of aliphatic hydroxyl groups excluding tert-OH is 1. The van der Waals surface area contributed by atoms with Gasteiger partial charge in [-0.2, -0.15) is 13.2 Å². The van der Waals surface area contributed by atoms with Crippen molar-refractivity contribution in [2.75, 3.05) is 13.2 Å². The topological polar surface area (TPSA) is 53.4 Å². The fourth-order valence-corrected chi connectivity index (χ4v) is 2.63. The van der Waals surface area contributed by atoms with Gasteiger partial charge in [0.05, 0.1) is 12.2 Å².